The number of nitriles is 1. The van der Waals surface area contributed by atoms with Gasteiger partial charge in [-0.2, -0.15) is 5.26 Å². The maximum atomic E-state index is 9.29. The highest BCUT2D eigenvalue weighted by Crippen LogP contribution is 2.24. The average molecular weight is 232 g/mol. The van der Waals surface area contributed by atoms with Crippen LogP contribution in [0.5, 0.6) is 5.75 Å². The molecule has 1 N–H and O–H groups in total. The van der Waals surface area contributed by atoms with Gasteiger partial charge < -0.3 is 9.84 Å². The molecule has 0 amide bonds. The molecule has 1 saturated heterocycles. The van der Waals surface area contributed by atoms with E-state index in [1.54, 1.807) is 24.3 Å². The molecule has 2 rings (SSSR count). The lowest BCUT2D eigenvalue weighted by Gasteiger charge is -2.34. The van der Waals surface area contributed by atoms with Crippen LogP contribution in [0.4, 0.5) is 0 Å². The van der Waals surface area contributed by atoms with Gasteiger partial charge in [0.15, 0.2) is 0 Å². The fraction of sp³-hybridized carbons (Fsp3) is 0.462. The second kappa shape index (κ2) is 5.17. The summed E-state index contributed by atoms with van der Waals surface area (Å²) in [6.45, 7) is 4.21. The Hall–Kier alpha value is -1.57. The first kappa shape index (κ1) is 11.9. The summed E-state index contributed by atoms with van der Waals surface area (Å²) in [4.78, 5) is 2.11. The minimum atomic E-state index is -0.262. The topological polar surface area (TPSA) is 56.5 Å². The quantitative estimate of drug-likeness (QED) is 0.842. The zero-order chi connectivity index (χ0) is 12.3. The van der Waals surface area contributed by atoms with Crippen molar-refractivity contribution in [1.29, 1.82) is 5.26 Å². The molecule has 1 fully saturated rings. The van der Waals surface area contributed by atoms with Crippen LogP contribution >= 0.6 is 0 Å². The van der Waals surface area contributed by atoms with E-state index in [-0.39, 0.29) is 17.9 Å². The number of benzene rings is 1. The van der Waals surface area contributed by atoms with Crippen molar-refractivity contribution in [2.45, 2.75) is 19.1 Å². The second-order valence-electron chi connectivity index (χ2n) is 4.30. The van der Waals surface area contributed by atoms with Crippen molar-refractivity contribution in [3.8, 4) is 11.8 Å². The Kier molecular flexibility index (Phi) is 3.62. The first-order valence-corrected chi connectivity index (χ1v) is 5.75. The fourth-order valence-electron chi connectivity index (χ4n) is 2.10. The molecule has 1 aliphatic rings. The highest BCUT2D eigenvalue weighted by molar-refractivity contribution is 5.30. The minimum absolute atomic E-state index is 0.164. The number of nitrogens with zero attached hydrogens (tertiary/aromatic N) is 2. The third kappa shape index (κ3) is 2.76. The van der Waals surface area contributed by atoms with E-state index >= 15 is 0 Å². The Balaban J connectivity index is 2.16. The number of ether oxygens (including phenoxy) is 1. The maximum Gasteiger partial charge on any atom is 0.124 e. The molecule has 4 heteroatoms. The molecule has 0 aromatic heterocycles. The van der Waals surface area contributed by atoms with Gasteiger partial charge in [-0.05, 0) is 24.6 Å². The molecule has 0 saturated carbocycles. The van der Waals surface area contributed by atoms with E-state index in [1.165, 1.54) is 0 Å². The molecule has 2 atom stereocenters. The van der Waals surface area contributed by atoms with Crippen LogP contribution in [0, 0.1) is 11.3 Å². The normalized spacial score (nSPS) is 22.9. The van der Waals surface area contributed by atoms with E-state index < -0.39 is 0 Å². The standard InChI is InChI=1S/C13H16N2O2/c1-10-9-15(6-7-17-10)13(8-14)11-2-4-12(16)5-3-11/h2-5,10,13,16H,6-7,9H2,1H3/t10-,13-/m1/s1. The summed E-state index contributed by atoms with van der Waals surface area (Å²) >= 11 is 0. The van der Waals surface area contributed by atoms with Crippen LogP contribution in [0.3, 0.4) is 0 Å². The molecular weight excluding hydrogens is 216 g/mol. The zero-order valence-electron chi connectivity index (χ0n) is 9.84. The zero-order valence-corrected chi connectivity index (χ0v) is 9.84. The van der Waals surface area contributed by atoms with Crippen molar-refractivity contribution >= 4 is 0 Å². The molecule has 0 radical (unpaired) electrons. The summed E-state index contributed by atoms with van der Waals surface area (Å²) in [5.41, 5.74) is 0.916. The number of morpholine rings is 1. The van der Waals surface area contributed by atoms with Crippen LogP contribution in [-0.4, -0.2) is 35.8 Å². The Morgan fingerprint density at radius 2 is 2.18 bits per heavy atom. The third-order valence-electron chi connectivity index (χ3n) is 2.97. The number of rotatable bonds is 2. The molecule has 0 unspecified atom stereocenters. The first-order chi connectivity index (χ1) is 8.20. The molecule has 1 heterocycles. The van der Waals surface area contributed by atoms with Gasteiger partial charge >= 0.3 is 0 Å². The van der Waals surface area contributed by atoms with Crippen LogP contribution in [0.15, 0.2) is 24.3 Å². The molecule has 1 aromatic rings. The summed E-state index contributed by atoms with van der Waals surface area (Å²) < 4.78 is 5.47. The Morgan fingerprint density at radius 1 is 1.47 bits per heavy atom. The summed E-state index contributed by atoms with van der Waals surface area (Å²) in [6, 6.07) is 8.87. The highest BCUT2D eigenvalue weighted by atomic mass is 16.5. The van der Waals surface area contributed by atoms with Gasteiger partial charge in [0, 0.05) is 13.1 Å². The predicted octanol–water partition coefficient (Wildman–Crippen LogP) is 1.68. The number of aromatic hydroxyl groups is 1. The van der Waals surface area contributed by atoms with E-state index in [0.717, 1.165) is 18.7 Å². The van der Waals surface area contributed by atoms with Crippen molar-refractivity contribution < 1.29 is 9.84 Å². The van der Waals surface area contributed by atoms with E-state index in [4.69, 9.17) is 4.74 Å². The molecule has 17 heavy (non-hydrogen) atoms. The molecular formula is C13H16N2O2. The smallest absolute Gasteiger partial charge is 0.124 e. The van der Waals surface area contributed by atoms with E-state index in [1.807, 2.05) is 6.92 Å². The summed E-state index contributed by atoms with van der Waals surface area (Å²) in [6.07, 6.45) is 0.164. The summed E-state index contributed by atoms with van der Waals surface area (Å²) in [7, 11) is 0. The van der Waals surface area contributed by atoms with Crippen LogP contribution in [0.1, 0.15) is 18.5 Å². The van der Waals surface area contributed by atoms with Gasteiger partial charge in [-0.1, -0.05) is 12.1 Å². The molecule has 0 bridgehead atoms. The lowest BCUT2D eigenvalue weighted by molar-refractivity contribution is -0.0269. The molecule has 0 aliphatic carbocycles. The number of phenolic OH excluding ortho intramolecular Hbond substituents is 1. The molecule has 0 spiro atoms. The van der Waals surface area contributed by atoms with Crippen LogP contribution in [-0.2, 0) is 4.74 Å². The second-order valence-corrected chi connectivity index (χ2v) is 4.30. The van der Waals surface area contributed by atoms with Gasteiger partial charge in [0.2, 0.25) is 0 Å². The summed E-state index contributed by atoms with van der Waals surface area (Å²) in [5.74, 6) is 0.223. The highest BCUT2D eigenvalue weighted by Gasteiger charge is 2.25. The van der Waals surface area contributed by atoms with Crippen LogP contribution in [0.2, 0.25) is 0 Å². The SMILES string of the molecule is C[C@@H]1CN([C@H](C#N)c2ccc(O)cc2)CCO1. The van der Waals surface area contributed by atoms with E-state index in [9.17, 15) is 10.4 Å². The van der Waals surface area contributed by atoms with Gasteiger partial charge in [-0.25, -0.2) is 0 Å². The van der Waals surface area contributed by atoms with Crippen LogP contribution in [0.25, 0.3) is 0 Å². The molecule has 4 nitrogen and oxygen atoms in total. The van der Waals surface area contributed by atoms with E-state index in [2.05, 4.69) is 11.0 Å². The van der Waals surface area contributed by atoms with Crippen molar-refractivity contribution in [2.24, 2.45) is 0 Å². The number of hydrogen-bond donors (Lipinski definition) is 1. The summed E-state index contributed by atoms with van der Waals surface area (Å²) in [5, 5.41) is 18.5. The average Bonchev–Trinajstić information content (AvgIpc) is 2.33. The van der Waals surface area contributed by atoms with Crippen molar-refractivity contribution in [3.63, 3.8) is 0 Å². The van der Waals surface area contributed by atoms with Gasteiger partial charge in [0.1, 0.15) is 11.8 Å². The van der Waals surface area contributed by atoms with Gasteiger partial charge in [0.05, 0.1) is 18.8 Å². The molecule has 90 valence electrons. The number of phenols is 1. The van der Waals surface area contributed by atoms with Gasteiger partial charge in [0.25, 0.3) is 0 Å². The van der Waals surface area contributed by atoms with Gasteiger partial charge in [-0.15, -0.1) is 0 Å². The van der Waals surface area contributed by atoms with Crippen molar-refractivity contribution in [1.82, 2.24) is 4.90 Å². The minimum Gasteiger partial charge on any atom is -0.508 e. The molecule has 1 aliphatic heterocycles. The predicted molar refractivity (Wildman–Crippen MR) is 63.4 cm³/mol. The monoisotopic (exact) mass is 232 g/mol. The first-order valence-electron chi connectivity index (χ1n) is 5.75. The van der Waals surface area contributed by atoms with Crippen molar-refractivity contribution in [3.05, 3.63) is 29.8 Å². The Labute approximate surface area is 101 Å². The van der Waals surface area contributed by atoms with E-state index in [0.29, 0.717) is 6.61 Å². The lowest BCUT2D eigenvalue weighted by atomic mass is 10.1. The van der Waals surface area contributed by atoms with Gasteiger partial charge in [-0.3, -0.25) is 4.90 Å². The maximum absolute atomic E-state index is 9.29. The third-order valence-corrected chi connectivity index (χ3v) is 2.97. The van der Waals surface area contributed by atoms with Crippen LogP contribution < -0.4 is 0 Å². The lowest BCUT2D eigenvalue weighted by Crippen LogP contribution is -2.42. The Morgan fingerprint density at radius 3 is 2.76 bits per heavy atom. The largest absolute Gasteiger partial charge is 0.508 e. The number of hydrogen-bond acceptors (Lipinski definition) is 4. The van der Waals surface area contributed by atoms with Crippen molar-refractivity contribution in [2.75, 3.05) is 19.7 Å². The Bertz CT molecular complexity index is 410. The molecule has 1 aromatic carbocycles. The fourth-order valence-corrected chi connectivity index (χ4v) is 2.10.